The molecule has 0 aromatic heterocycles. The lowest BCUT2D eigenvalue weighted by molar-refractivity contribution is 0.158. The van der Waals surface area contributed by atoms with Crippen molar-refractivity contribution in [1.29, 1.82) is 0 Å². The second-order valence-corrected chi connectivity index (χ2v) is 11.9. The average Bonchev–Trinajstić information content (AvgIpc) is 2.53. The van der Waals surface area contributed by atoms with E-state index in [0.29, 0.717) is 11.5 Å². The van der Waals surface area contributed by atoms with Gasteiger partial charge in [0.1, 0.15) is 0 Å². The third kappa shape index (κ3) is 3.87. The van der Waals surface area contributed by atoms with Gasteiger partial charge in [-0.25, -0.2) is 0 Å². The lowest BCUT2D eigenvalue weighted by Crippen LogP contribution is -2.48. The van der Waals surface area contributed by atoms with Crippen molar-refractivity contribution < 1.29 is 5.11 Å². The van der Waals surface area contributed by atoms with Crippen molar-refractivity contribution in [2.45, 2.75) is 45.0 Å². The van der Waals surface area contributed by atoms with E-state index in [-0.39, 0.29) is 6.10 Å². The Balaban J connectivity index is 2.23. The molecule has 22 heavy (non-hydrogen) atoms. The maximum absolute atomic E-state index is 10.7. The van der Waals surface area contributed by atoms with Crippen LogP contribution in [0.4, 0.5) is 0 Å². The predicted octanol–water partition coefficient (Wildman–Crippen LogP) is 4.75. The summed E-state index contributed by atoms with van der Waals surface area (Å²) in [5.41, 5.74) is 1.58. The molecule has 0 unspecified atom stereocenters. The van der Waals surface area contributed by atoms with Crippen LogP contribution in [-0.2, 0) is 0 Å². The van der Waals surface area contributed by atoms with Gasteiger partial charge in [-0.3, -0.25) is 0 Å². The topological polar surface area (TPSA) is 20.2 Å². The van der Waals surface area contributed by atoms with E-state index >= 15 is 0 Å². The minimum atomic E-state index is -1.63. The summed E-state index contributed by atoms with van der Waals surface area (Å²) in [7, 11) is -1.63. The summed E-state index contributed by atoms with van der Waals surface area (Å²) >= 11 is 0. The third-order valence-corrected chi connectivity index (χ3v) is 9.49. The maximum atomic E-state index is 10.7. The molecule has 0 amide bonds. The van der Waals surface area contributed by atoms with E-state index in [1.165, 1.54) is 5.19 Å². The van der Waals surface area contributed by atoms with Gasteiger partial charge >= 0.3 is 0 Å². The first-order valence-corrected chi connectivity index (χ1v) is 11.3. The van der Waals surface area contributed by atoms with Crippen LogP contribution in [0.5, 0.6) is 0 Å². The molecule has 0 aliphatic carbocycles. The van der Waals surface area contributed by atoms with Crippen LogP contribution in [0, 0.1) is 5.92 Å². The number of benzene rings is 2. The van der Waals surface area contributed by atoms with E-state index in [9.17, 15) is 5.11 Å². The second kappa shape index (κ2) is 7.25. The Kier molecular flexibility index (Phi) is 5.60. The van der Waals surface area contributed by atoms with Gasteiger partial charge in [-0.05, 0) is 23.4 Å². The molecule has 1 N–H and O–H groups in total. The standard InChI is InChI=1S/C20H28OSi/c1-16(2)20(15-19(21)17-11-7-5-8-12-17)22(3,4)18-13-9-6-10-14-18/h5-14,16,19-21H,15H2,1-4H3/t19-,20+/m0/s1. The van der Waals surface area contributed by atoms with Gasteiger partial charge in [0.15, 0.2) is 0 Å². The summed E-state index contributed by atoms with van der Waals surface area (Å²) in [5, 5.41) is 12.2. The van der Waals surface area contributed by atoms with Crippen LogP contribution >= 0.6 is 0 Å². The van der Waals surface area contributed by atoms with Crippen molar-refractivity contribution in [1.82, 2.24) is 0 Å². The number of hydrogen-bond acceptors (Lipinski definition) is 1. The number of rotatable bonds is 6. The quantitative estimate of drug-likeness (QED) is 0.763. The van der Waals surface area contributed by atoms with Gasteiger partial charge in [-0.1, -0.05) is 92.8 Å². The molecule has 118 valence electrons. The van der Waals surface area contributed by atoms with Crippen molar-refractivity contribution in [3.63, 3.8) is 0 Å². The molecule has 2 atom stereocenters. The second-order valence-electron chi connectivity index (χ2n) is 7.10. The molecule has 2 rings (SSSR count). The van der Waals surface area contributed by atoms with Gasteiger partial charge in [-0.15, -0.1) is 0 Å². The molecule has 1 nitrogen and oxygen atoms in total. The molecule has 0 bridgehead atoms. The molecule has 0 fully saturated rings. The highest BCUT2D eigenvalue weighted by atomic mass is 28.3. The molecule has 2 aromatic rings. The SMILES string of the molecule is CC(C)[C@@H](C[C@H](O)c1ccccc1)[Si](C)(C)c1ccccc1. The zero-order chi connectivity index (χ0) is 16.2. The van der Waals surface area contributed by atoms with E-state index < -0.39 is 8.07 Å². The molecule has 2 aromatic carbocycles. The van der Waals surface area contributed by atoms with Crippen LogP contribution in [0.25, 0.3) is 0 Å². The Morgan fingerprint density at radius 2 is 1.36 bits per heavy atom. The van der Waals surface area contributed by atoms with Crippen LogP contribution in [-0.4, -0.2) is 13.2 Å². The van der Waals surface area contributed by atoms with Gasteiger partial charge in [-0.2, -0.15) is 0 Å². The zero-order valence-electron chi connectivity index (χ0n) is 14.2. The molecular formula is C20H28OSi. The summed E-state index contributed by atoms with van der Waals surface area (Å²) in [6.45, 7) is 9.45. The summed E-state index contributed by atoms with van der Waals surface area (Å²) in [4.78, 5) is 0. The van der Waals surface area contributed by atoms with Crippen molar-refractivity contribution >= 4 is 13.3 Å². The first-order valence-electron chi connectivity index (χ1n) is 8.21. The molecule has 0 aliphatic rings. The fourth-order valence-electron chi connectivity index (χ4n) is 3.53. The molecule has 0 aliphatic heterocycles. The highest BCUT2D eigenvalue weighted by molar-refractivity contribution is 6.91. The summed E-state index contributed by atoms with van der Waals surface area (Å²) in [5.74, 6) is 0.570. The largest absolute Gasteiger partial charge is 0.388 e. The van der Waals surface area contributed by atoms with Crippen LogP contribution in [0.3, 0.4) is 0 Å². The van der Waals surface area contributed by atoms with E-state index in [1.807, 2.05) is 30.3 Å². The average molecular weight is 313 g/mol. The van der Waals surface area contributed by atoms with E-state index in [0.717, 1.165) is 12.0 Å². The van der Waals surface area contributed by atoms with E-state index in [2.05, 4.69) is 57.3 Å². The molecular weight excluding hydrogens is 284 g/mol. The van der Waals surface area contributed by atoms with E-state index in [4.69, 9.17) is 0 Å². The highest BCUT2D eigenvalue weighted by Crippen LogP contribution is 2.37. The number of aliphatic hydroxyl groups excluding tert-OH is 1. The van der Waals surface area contributed by atoms with Crippen molar-refractivity contribution in [2.75, 3.05) is 0 Å². The summed E-state index contributed by atoms with van der Waals surface area (Å²) in [6, 6.07) is 20.9. The van der Waals surface area contributed by atoms with Crippen LogP contribution in [0.2, 0.25) is 18.6 Å². The van der Waals surface area contributed by atoms with E-state index in [1.54, 1.807) is 0 Å². The molecule has 0 radical (unpaired) electrons. The van der Waals surface area contributed by atoms with Gasteiger partial charge < -0.3 is 5.11 Å². The van der Waals surface area contributed by atoms with Gasteiger partial charge in [0, 0.05) is 0 Å². The fourth-order valence-corrected chi connectivity index (χ4v) is 7.49. The Hall–Kier alpha value is -1.38. The van der Waals surface area contributed by atoms with Crippen molar-refractivity contribution in [3.05, 3.63) is 66.2 Å². The number of aliphatic hydroxyl groups is 1. The van der Waals surface area contributed by atoms with Crippen LogP contribution < -0.4 is 5.19 Å². The maximum Gasteiger partial charge on any atom is 0.0840 e. The molecule has 0 saturated heterocycles. The Labute approximate surface area is 136 Å². The smallest absolute Gasteiger partial charge is 0.0840 e. The minimum Gasteiger partial charge on any atom is -0.388 e. The first kappa shape index (κ1) is 17.0. The molecule has 0 heterocycles. The third-order valence-electron chi connectivity index (χ3n) is 4.91. The van der Waals surface area contributed by atoms with Crippen LogP contribution in [0.1, 0.15) is 31.9 Å². The minimum absolute atomic E-state index is 0.371. The predicted molar refractivity (Wildman–Crippen MR) is 98.2 cm³/mol. The molecule has 0 saturated carbocycles. The van der Waals surface area contributed by atoms with Crippen LogP contribution in [0.15, 0.2) is 60.7 Å². The lowest BCUT2D eigenvalue weighted by Gasteiger charge is -2.37. The first-order chi connectivity index (χ1) is 10.4. The Bertz CT molecular complexity index is 563. The Morgan fingerprint density at radius 3 is 1.86 bits per heavy atom. The molecule has 0 spiro atoms. The number of hydrogen-bond donors (Lipinski definition) is 1. The van der Waals surface area contributed by atoms with Gasteiger partial charge in [0.25, 0.3) is 0 Å². The summed E-state index contributed by atoms with van der Waals surface area (Å²) < 4.78 is 0. The monoisotopic (exact) mass is 312 g/mol. The normalized spacial score (nSPS) is 14.8. The van der Waals surface area contributed by atoms with Gasteiger partial charge in [0.05, 0.1) is 14.2 Å². The summed E-state index contributed by atoms with van der Waals surface area (Å²) in [6.07, 6.45) is 0.472. The van der Waals surface area contributed by atoms with Gasteiger partial charge in [0.2, 0.25) is 0 Å². The molecule has 2 heteroatoms. The van der Waals surface area contributed by atoms with Crippen molar-refractivity contribution in [2.24, 2.45) is 5.92 Å². The lowest BCUT2D eigenvalue weighted by atomic mass is 9.99. The van der Waals surface area contributed by atoms with Crippen molar-refractivity contribution in [3.8, 4) is 0 Å². The fraction of sp³-hybridized carbons (Fsp3) is 0.400. The zero-order valence-corrected chi connectivity index (χ0v) is 15.2. The highest BCUT2D eigenvalue weighted by Gasteiger charge is 2.36. The Morgan fingerprint density at radius 1 is 0.864 bits per heavy atom.